The molecule has 0 atom stereocenters. The van der Waals surface area contributed by atoms with Gasteiger partial charge in [0.15, 0.2) is 0 Å². The molecule has 0 bridgehead atoms. The van der Waals surface area contributed by atoms with Crippen LogP contribution in [0.3, 0.4) is 0 Å². The summed E-state index contributed by atoms with van der Waals surface area (Å²) < 4.78 is 0. The Morgan fingerprint density at radius 1 is 2.00 bits per heavy atom. The molecule has 0 saturated heterocycles. The van der Waals surface area contributed by atoms with Gasteiger partial charge in [-0.3, -0.25) is 0 Å². The summed E-state index contributed by atoms with van der Waals surface area (Å²) in [6.45, 7) is 0. The summed E-state index contributed by atoms with van der Waals surface area (Å²) in [5.74, 6) is 3.42. The highest BCUT2D eigenvalue weighted by Crippen LogP contribution is 1.53. The topological polar surface area (TPSA) is 88.7 Å². The van der Waals surface area contributed by atoms with E-state index >= 15 is 0 Å². The molecule has 2 N–H and O–H groups in total. The largest absolute Gasteiger partial charge is 0.432 e. The van der Waals surface area contributed by atoms with E-state index < -0.39 is 5.97 Å². The lowest BCUT2D eigenvalue weighted by molar-refractivity contribution is -0.139. The van der Waals surface area contributed by atoms with Gasteiger partial charge in [-0.2, -0.15) is 10.7 Å². The van der Waals surface area contributed by atoms with E-state index in [1.54, 1.807) is 0 Å². The number of rotatable bonds is 1. The summed E-state index contributed by atoms with van der Waals surface area (Å²) in [4.78, 5) is 15.6. The predicted octanol–water partition coefficient (Wildman–Crippen LogP) is -1.30. The molecule has 0 aromatic rings. The van der Waals surface area contributed by atoms with Gasteiger partial charge in [0.2, 0.25) is 0 Å². The first-order chi connectivity index (χ1) is 3.31. The Balaban J connectivity index is 3.58. The van der Waals surface area contributed by atoms with Crippen LogP contribution >= 0.6 is 0 Å². The average molecular weight is 101 g/mol. The van der Waals surface area contributed by atoms with Crippen molar-refractivity contribution in [1.82, 2.24) is 0 Å². The quantitative estimate of drug-likeness (QED) is 0.193. The summed E-state index contributed by atoms with van der Waals surface area (Å²) in [7, 11) is 0. The van der Waals surface area contributed by atoms with Gasteiger partial charge in [-0.05, 0) is 0 Å². The van der Waals surface area contributed by atoms with Crippen molar-refractivity contribution in [3.63, 3.8) is 0 Å². The van der Waals surface area contributed by atoms with Crippen LogP contribution in [0, 0.1) is 0 Å². The Kier molecular flexibility index (Phi) is 2.50. The van der Waals surface area contributed by atoms with E-state index in [1.807, 2.05) is 0 Å². The number of carbonyl (C=O) groups is 1. The summed E-state index contributed by atoms with van der Waals surface area (Å²) >= 11 is 0. The highest BCUT2D eigenvalue weighted by Gasteiger charge is 1.96. The average Bonchev–Trinajstić information content (AvgIpc) is 1.68. The number of nitrogens with zero attached hydrogens (tertiary/aromatic N) is 2. The zero-order chi connectivity index (χ0) is 5.70. The van der Waals surface area contributed by atoms with Gasteiger partial charge in [-0.1, -0.05) is 0 Å². The maximum Gasteiger partial charge on any atom is 0.432 e. The van der Waals surface area contributed by atoms with Gasteiger partial charge >= 0.3 is 12.2 Å². The van der Waals surface area contributed by atoms with Gasteiger partial charge in [-0.15, -0.1) is 0 Å². The lowest BCUT2D eigenvalue weighted by Gasteiger charge is -1.76. The van der Waals surface area contributed by atoms with E-state index in [4.69, 9.17) is 5.53 Å². The van der Waals surface area contributed by atoms with Crippen LogP contribution in [-0.4, -0.2) is 17.0 Å². The van der Waals surface area contributed by atoms with E-state index in [2.05, 4.69) is 15.5 Å². The fourth-order valence-electron chi connectivity index (χ4n) is 0.0776. The highest BCUT2D eigenvalue weighted by molar-refractivity contribution is 6.20. The van der Waals surface area contributed by atoms with Crippen molar-refractivity contribution >= 4 is 12.2 Å². The smallest absolute Gasteiger partial charge is 0.365 e. The third-order valence-corrected chi connectivity index (χ3v) is 0.279. The van der Waals surface area contributed by atoms with Crippen molar-refractivity contribution < 1.29 is 14.4 Å². The molecule has 0 aliphatic heterocycles. The van der Waals surface area contributed by atoms with Crippen LogP contribution in [0.2, 0.25) is 0 Å². The first-order valence-corrected chi connectivity index (χ1v) is 1.39. The van der Waals surface area contributed by atoms with Crippen LogP contribution < -0.4 is 5.90 Å². The number of hydrogen-bond donors (Lipinski definition) is 1. The Bertz CT molecular complexity index is 114. The SMILES string of the molecule is [N-]=[N+]=CC(=O)ON. The predicted molar refractivity (Wildman–Crippen MR) is 20.0 cm³/mol. The molecule has 0 aliphatic carbocycles. The zero-order valence-corrected chi connectivity index (χ0v) is 3.37. The Hall–Kier alpha value is -1.19. The number of nitrogens with two attached hydrogens (primary N) is 1. The van der Waals surface area contributed by atoms with E-state index in [1.165, 1.54) is 0 Å². The summed E-state index contributed by atoms with van der Waals surface area (Å²) in [6, 6.07) is 0. The second-order valence-electron chi connectivity index (χ2n) is 0.681. The van der Waals surface area contributed by atoms with Crippen molar-refractivity contribution in [2.75, 3.05) is 0 Å². The highest BCUT2D eigenvalue weighted by atomic mass is 16.7. The maximum absolute atomic E-state index is 9.76. The van der Waals surface area contributed by atoms with Gasteiger partial charge in [0.1, 0.15) is 0 Å². The molecule has 0 fully saturated rings. The number of hydrogen-bond acceptors (Lipinski definition) is 3. The molecule has 0 radical (unpaired) electrons. The molecular formula is C2H3N3O2. The summed E-state index contributed by atoms with van der Waals surface area (Å²) in [6.07, 6.45) is 0.542. The molecule has 0 saturated carbocycles. The molecule has 0 heterocycles. The van der Waals surface area contributed by atoms with Gasteiger partial charge in [0.05, 0.1) is 0 Å². The fourth-order valence-corrected chi connectivity index (χ4v) is 0.0776. The fraction of sp³-hybridized carbons (Fsp3) is 0. The van der Waals surface area contributed by atoms with Crippen molar-refractivity contribution in [2.45, 2.75) is 0 Å². The molecule has 0 spiro atoms. The minimum Gasteiger partial charge on any atom is -0.365 e. The minimum atomic E-state index is -0.887. The van der Waals surface area contributed by atoms with E-state index in [-0.39, 0.29) is 0 Å². The molecule has 0 aromatic heterocycles. The van der Waals surface area contributed by atoms with Crippen LogP contribution in [0.4, 0.5) is 0 Å². The van der Waals surface area contributed by atoms with Gasteiger partial charge in [0, 0.05) is 0 Å². The number of carbonyl (C=O) groups excluding carboxylic acids is 1. The first kappa shape index (κ1) is 5.81. The molecule has 0 amide bonds. The Labute approximate surface area is 39.3 Å². The lowest BCUT2D eigenvalue weighted by atomic mass is 10.8. The van der Waals surface area contributed by atoms with Crippen LogP contribution in [0.25, 0.3) is 5.53 Å². The van der Waals surface area contributed by atoms with Crippen molar-refractivity contribution in [3.8, 4) is 0 Å². The van der Waals surface area contributed by atoms with Gasteiger partial charge < -0.3 is 10.4 Å². The van der Waals surface area contributed by atoms with Crippen LogP contribution in [0.15, 0.2) is 0 Å². The Morgan fingerprint density at radius 2 is 2.57 bits per heavy atom. The maximum atomic E-state index is 9.76. The van der Waals surface area contributed by atoms with Gasteiger partial charge in [-0.25, -0.2) is 4.79 Å². The van der Waals surface area contributed by atoms with E-state index in [9.17, 15) is 4.79 Å². The van der Waals surface area contributed by atoms with Crippen molar-refractivity contribution in [3.05, 3.63) is 5.53 Å². The van der Waals surface area contributed by atoms with Crippen molar-refractivity contribution in [1.29, 1.82) is 0 Å². The molecule has 38 valence electrons. The Morgan fingerprint density at radius 3 is 2.71 bits per heavy atom. The summed E-state index contributed by atoms with van der Waals surface area (Å²) in [5, 5.41) is 0. The van der Waals surface area contributed by atoms with Crippen LogP contribution in [-0.2, 0) is 9.63 Å². The van der Waals surface area contributed by atoms with Gasteiger partial charge in [0.25, 0.3) is 0 Å². The second-order valence-corrected chi connectivity index (χ2v) is 0.681. The monoisotopic (exact) mass is 101 g/mol. The van der Waals surface area contributed by atoms with Crippen molar-refractivity contribution in [2.24, 2.45) is 5.90 Å². The van der Waals surface area contributed by atoms with E-state index in [0.717, 1.165) is 0 Å². The molecule has 7 heavy (non-hydrogen) atoms. The first-order valence-electron chi connectivity index (χ1n) is 1.39. The van der Waals surface area contributed by atoms with Crippen LogP contribution in [0.1, 0.15) is 0 Å². The normalized spacial score (nSPS) is 6.43. The molecule has 0 aliphatic rings. The van der Waals surface area contributed by atoms with E-state index in [0.29, 0.717) is 6.21 Å². The lowest BCUT2D eigenvalue weighted by Crippen LogP contribution is -2.10. The molecule has 5 nitrogen and oxygen atoms in total. The molecular weight excluding hydrogens is 98.0 g/mol. The molecule has 0 rings (SSSR count). The molecule has 0 aromatic carbocycles. The third-order valence-electron chi connectivity index (χ3n) is 0.279. The molecule has 0 unspecified atom stereocenters. The van der Waals surface area contributed by atoms with Crippen LogP contribution in [0.5, 0.6) is 0 Å². The third kappa shape index (κ3) is 2.62. The summed E-state index contributed by atoms with van der Waals surface area (Å²) in [5.41, 5.74) is 7.58. The molecule has 5 heteroatoms. The zero-order valence-electron chi connectivity index (χ0n) is 3.37. The second kappa shape index (κ2) is 3.02. The minimum absolute atomic E-state index is 0.542. The standard InChI is InChI=1S/C2H3N3O2/c3-5-1-2(6)7-4/h1H,4H2.